The molecule has 1 aliphatic rings. The van der Waals surface area contributed by atoms with Gasteiger partial charge in [0, 0.05) is 19.3 Å². The first kappa shape index (κ1) is 24.7. The van der Waals surface area contributed by atoms with E-state index in [2.05, 4.69) is 21.4 Å². The molecule has 0 radical (unpaired) electrons. The van der Waals surface area contributed by atoms with Crippen molar-refractivity contribution in [2.75, 3.05) is 22.1 Å². The summed E-state index contributed by atoms with van der Waals surface area (Å²) in [5, 5.41) is 7.37. The van der Waals surface area contributed by atoms with Crippen molar-refractivity contribution in [1.82, 2.24) is 10.7 Å². The number of hydrogen-bond acceptors (Lipinski definition) is 5. The second kappa shape index (κ2) is 9.70. The van der Waals surface area contributed by atoms with Crippen LogP contribution in [0.5, 0.6) is 0 Å². The molecule has 3 amide bonds. The number of hydrazine groups is 1. The van der Waals surface area contributed by atoms with Crippen LogP contribution < -0.4 is 25.8 Å². The molecule has 4 rings (SSSR count). The Balaban J connectivity index is 1.62. The fourth-order valence-corrected chi connectivity index (χ4v) is 5.32. The Labute approximate surface area is 210 Å². The molecule has 182 valence electrons. The van der Waals surface area contributed by atoms with Crippen molar-refractivity contribution in [2.45, 2.75) is 11.4 Å². The molecule has 0 fully saturated rings. The number of nitrogens with one attached hydrogen (secondary N) is 4. The third-order valence-electron chi connectivity index (χ3n) is 5.12. The third-order valence-corrected chi connectivity index (χ3v) is 7.40. The van der Waals surface area contributed by atoms with E-state index >= 15 is 0 Å². The van der Waals surface area contributed by atoms with Gasteiger partial charge in [-0.2, -0.15) is 12.8 Å². The zero-order valence-electron chi connectivity index (χ0n) is 18.0. The Morgan fingerprint density at radius 1 is 1.03 bits per heavy atom. The fourth-order valence-electron chi connectivity index (χ4n) is 3.39. The van der Waals surface area contributed by atoms with Crippen LogP contribution in [0.2, 0.25) is 10.0 Å². The van der Waals surface area contributed by atoms with Gasteiger partial charge in [-0.15, -0.1) is 0 Å². The van der Waals surface area contributed by atoms with Crippen molar-refractivity contribution in [1.29, 1.82) is 0 Å². The lowest BCUT2D eigenvalue weighted by Crippen LogP contribution is -2.38. The summed E-state index contributed by atoms with van der Waals surface area (Å²) in [7, 11) is -2.69. The van der Waals surface area contributed by atoms with E-state index in [1.54, 1.807) is 12.1 Å². The summed E-state index contributed by atoms with van der Waals surface area (Å²) >= 11 is 12.1. The smallest absolute Gasteiger partial charge is 0.319 e. The van der Waals surface area contributed by atoms with Gasteiger partial charge in [0.25, 0.3) is 15.9 Å². The van der Waals surface area contributed by atoms with Crippen LogP contribution in [0.25, 0.3) is 0 Å². The second-order valence-electron chi connectivity index (χ2n) is 7.34. The zero-order valence-corrected chi connectivity index (χ0v) is 20.4. The summed E-state index contributed by atoms with van der Waals surface area (Å²) in [6, 6.07) is 11.9. The van der Waals surface area contributed by atoms with Gasteiger partial charge in [0.1, 0.15) is 5.82 Å². The van der Waals surface area contributed by atoms with E-state index in [1.807, 2.05) is 0 Å². The molecule has 9 nitrogen and oxygen atoms in total. The van der Waals surface area contributed by atoms with E-state index in [4.69, 9.17) is 23.2 Å². The minimum atomic E-state index is -4.12. The molecule has 4 N–H and O–H groups in total. The van der Waals surface area contributed by atoms with Crippen LogP contribution in [0, 0.1) is 5.82 Å². The van der Waals surface area contributed by atoms with Gasteiger partial charge >= 0.3 is 6.03 Å². The van der Waals surface area contributed by atoms with Crippen LogP contribution in [-0.2, 0) is 16.6 Å². The number of amides is 3. The lowest BCUT2D eigenvalue weighted by atomic mass is 10.1. The van der Waals surface area contributed by atoms with Crippen LogP contribution in [0.4, 0.5) is 26.2 Å². The summed E-state index contributed by atoms with van der Waals surface area (Å²) in [4.78, 5) is 24.0. The second-order valence-corrected chi connectivity index (χ2v) is 9.95. The van der Waals surface area contributed by atoms with E-state index in [9.17, 15) is 22.4 Å². The van der Waals surface area contributed by atoms with Crippen LogP contribution in [0.1, 0.15) is 15.9 Å². The molecule has 3 aromatic rings. The minimum absolute atomic E-state index is 0.0249. The van der Waals surface area contributed by atoms with Gasteiger partial charge in [-0.3, -0.25) is 4.79 Å². The van der Waals surface area contributed by atoms with Gasteiger partial charge in [0.15, 0.2) is 0 Å². The van der Waals surface area contributed by atoms with Gasteiger partial charge in [-0.05, 0) is 48.0 Å². The number of carbonyl (C=O) groups excluding carboxylic acids is 2. The number of fused-ring (bicyclic) bond motifs is 1. The maximum Gasteiger partial charge on any atom is 0.319 e. The normalized spacial score (nSPS) is 12.7. The van der Waals surface area contributed by atoms with Crippen LogP contribution in [0.3, 0.4) is 0 Å². The summed E-state index contributed by atoms with van der Waals surface area (Å²) in [6.07, 6.45) is 0. The van der Waals surface area contributed by atoms with Crippen molar-refractivity contribution in [3.63, 3.8) is 0 Å². The average molecular weight is 538 g/mol. The van der Waals surface area contributed by atoms with E-state index in [-0.39, 0.29) is 44.1 Å². The van der Waals surface area contributed by atoms with Crippen LogP contribution in [-0.4, -0.2) is 27.4 Å². The quantitative estimate of drug-likeness (QED) is 0.385. The number of carbonyl (C=O) groups is 2. The molecule has 0 aliphatic carbocycles. The highest BCUT2D eigenvalue weighted by Crippen LogP contribution is 2.34. The molecule has 0 saturated heterocycles. The molecule has 0 spiro atoms. The van der Waals surface area contributed by atoms with Crippen molar-refractivity contribution < 1.29 is 22.4 Å². The van der Waals surface area contributed by atoms with Crippen LogP contribution in [0.15, 0.2) is 59.5 Å². The predicted octanol–water partition coefficient (Wildman–Crippen LogP) is 4.35. The van der Waals surface area contributed by atoms with E-state index < -0.39 is 27.8 Å². The van der Waals surface area contributed by atoms with Crippen molar-refractivity contribution in [3.8, 4) is 0 Å². The maximum absolute atomic E-state index is 14.1. The number of anilines is 3. The highest BCUT2D eigenvalue weighted by atomic mass is 35.5. The summed E-state index contributed by atoms with van der Waals surface area (Å²) in [5.41, 5.74) is 3.86. The van der Waals surface area contributed by atoms with Gasteiger partial charge in [0.05, 0.1) is 31.9 Å². The molecule has 0 bridgehead atoms. The highest BCUT2D eigenvalue weighted by molar-refractivity contribution is 7.92. The fraction of sp³-hybridized carbons (Fsp3) is 0.0909. The Morgan fingerprint density at radius 3 is 2.49 bits per heavy atom. The summed E-state index contributed by atoms with van der Waals surface area (Å²) in [5.74, 6) is -1.56. The third kappa shape index (κ3) is 4.89. The molecular formula is C22H18Cl2FN5O4S. The van der Waals surface area contributed by atoms with Crippen molar-refractivity contribution in [2.24, 2.45) is 0 Å². The Bertz CT molecular complexity index is 1430. The number of sulfonamides is 1. The molecule has 1 heterocycles. The maximum atomic E-state index is 14.1. The molecule has 3 aromatic carbocycles. The first-order valence-corrected chi connectivity index (χ1v) is 12.3. The number of halogens is 3. The average Bonchev–Trinajstić information content (AvgIpc) is 3.24. The summed E-state index contributed by atoms with van der Waals surface area (Å²) in [6.45, 7) is 0.214. The lowest BCUT2D eigenvalue weighted by Gasteiger charge is -2.20. The Morgan fingerprint density at radius 2 is 1.80 bits per heavy atom. The topological polar surface area (TPSA) is 120 Å². The molecule has 0 saturated carbocycles. The van der Waals surface area contributed by atoms with Gasteiger partial charge < -0.3 is 16.0 Å². The van der Waals surface area contributed by atoms with E-state index in [0.717, 1.165) is 10.5 Å². The molecule has 0 aromatic heterocycles. The molecule has 0 atom stereocenters. The molecule has 13 heteroatoms. The lowest BCUT2D eigenvalue weighted by molar-refractivity contribution is 0.102. The number of benzene rings is 3. The zero-order chi connectivity index (χ0) is 25.3. The highest BCUT2D eigenvalue weighted by Gasteiger charge is 2.32. The summed E-state index contributed by atoms with van der Waals surface area (Å²) < 4.78 is 41.7. The molecule has 35 heavy (non-hydrogen) atoms. The molecule has 0 unspecified atom stereocenters. The van der Waals surface area contributed by atoms with E-state index in [1.165, 1.54) is 43.4 Å². The molecular weight excluding hydrogens is 520 g/mol. The Kier molecular flexibility index (Phi) is 6.86. The van der Waals surface area contributed by atoms with Gasteiger partial charge in [-0.25, -0.2) is 14.6 Å². The Hall–Kier alpha value is -3.38. The minimum Gasteiger partial charge on any atom is -0.341 e. The molecule has 1 aliphatic heterocycles. The largest absolute Gasteiger partial charge is 0.341 e. The predicted molar refractivity (Wildman–Crippen MR) is 132 cm³/mol. The van der Waals surface area contributed by atoms with E-state index in [0.29, 0.717) is 5.56 Å². The monoisotopic (exact) mass is 537 g/mol. The van der Waals surface area contributed by atoms with Crippen molar-refractivity contribution in [3.05, 3.63) is 81.6 Å². The number of urea groups is 1. The van der Waals surface area contributed by atoms with Crippen molar-refractivity contribution >= 4 is 62.2 Å². The van der Waals surface area contributed by atoms with Gasteiger partial charge in [-0.1, -0.05) is 35.3 Å². The number of hydrogen-bond donors (Lipinski definition) is 4. The van der Waals surface area contributed by atoms with Gasteiger partial charge in [0.2, 0.25) is 0 Å². The first-order chi connectivity index (χ1) is 16.6. The standard InChI is InChI=1S/C22H18Cl2FN5O4S/c1-26-22(32)29-18-8-7-14(10-16(18)24)35(33,34)30-19-9-13(6-5-12(19)11-27-30)28-21(31)20-15(23)3-2-4-17(20)25/h2-10,27H,11H2,1H3,(H,28,31)(H2,26,29,32). The first-order valence-electron chi connectivity index (χ1n) is 10.1. The number of rotatable bonds is 5. The SMILES string of the molecule is CNC(=O)Nc1ccc(S(=O)(=O)N2NCc3ccc(NC(=O)c4c(F)cccc4Cl)cc32)cc1Cl. The number of nitrogens with zero attached hydrogens (tertiary/aromatic N) is 1. The van der Waals surface area contributed by atoms with Crippen LogP contribution >= 0.6 is 23.2 Å².